The molecule has 0 aromatic carbocycles. The van der Waals surface area contributed by atoms with E-state index in [-0.39, 0.29) is 0 Å². The third-order valence-corrected chi connectivity index (χ3v) is 10.1. The average molecular weight is 311 g/mol. The van der Waals surface area contributed by atoms with Crippen molar-refractivity contribution in [1.29, 1.82) is 0 Å². The Morgan fingerprint density at radius 1 is 1.29 bits per heavy atom. The van der Waals surface area contributed by atoms with Gasteiger partial charge in [-0.3, -0.25) is 5.43 Å². The van der Waals surface area contributed by atoms with E-state index in [4.69, 9.17) is 12.2 Å². The van der Waals surface area contributed by atoms with Crippen LogP contribution >= 0.6 is 42.8 Å². The van der Waals surface area contributed by atoms with Crippen LogP contribution < -0.4 is 5.43 Å². The second-order valence-corrected chi connectivity index (χ2v) is 12.0. The van der Waals surface area contributed by atoms with Crippen molar-refractivity contribution < 1.29 is 0 Å². The van der Waals surface area contributed by atoms with Gasteiger partial charge < -0.3 is 0 Å². The molecule has 0 bridgehead atoms. The van der Waals surface area contributed by atoms with Crippen LogP contribution in [-0.2, 0) is 0 Å². The molecule has 17 heavy (non-hydrogen) atoms. The Balaban J connectivity index is 1.97. The molecule has 0 amide bonds. The largest absolute Gasteiger partial charge is 0.261 e. The molecule has 0 aromatic rings. The summed E-state index contributed by atoms with van der Waals surface area (Å²) < 4.78 is 0.800. The van der Waals surface area contributed by atoms with Gasteiger partial charge in [0.2, 0.25) is 0 Å². The van der Waals surface area contributed by atoms with Crippen molar-refractivity contribution in [2.45, 2.75) is 51.9 Å². The quantitative estimate of drug-likeness (QED) is 0.275. The highest BCUT2D eigenvalue weighted by Gasteiger charge is 2.27. The van der Waals surface area contributed by atoms with Crippen LogP contribution in [-0.4, -0.2) is 15.6 Å². The summed E-state index contributed by atoms with van der Waals surface area (Å²) in [5, 5.41) is 3.99. The molecule has 0 saturated carbocycles. The maximum Gasteiger partial charge on any atom is 0.159 e. The molecule has 2 nitrogen and oxygen atoms in total. The first-order valence-corrected chi connectivity index (χ1v) is 10.9. The number of nitrogens with zero attached hydrogens (tertiary/aromatic N) is 1. The summed E-state index contributed by atoms with van der Waals surface area (Å²) in [5.41, 5.74) is 4.71. The number of rotatable bonds is 9. The van der Waals surface area contributed by atoms with E-state index in [1.165, 1.54) is 44.9 Å². The molecular weight excluding hydrogens is 288 g/mol. The van der Waals surface area contributed by atoms with Crippen LogP contribution in [0, 0.1) is 0 Å². The molecule has 0 saturated heterocycles. The zero-order chi connectivity index (χ0) is 12.6. The fourth-order valence-corrected chi connectivity index (χ4v) is 6.22. The number of hydrogen-bond acceptors (Lipinski definition) is 4. The van der Waals surface area contributed by atoms with Gasteiger partial charge in [0.1, 0.15) is 0 Å². The lowest BCUT2D eigenvalue weighted by Gasteiger charge is -2.23. The summed E-state index contributed by atoms with van der Waals surface area (Å²) in [6.45, 7) is 2.26. The van der Waals surface area contributed by atoms with Crippen molar-refractivity contribution in [2.75, 3.05) is 5.75 Å². The molecule has 1 N–H and O–H groups in total. The van der Waals surface area contributed by atoms with Gasteiger partial charge in [-0.2, -0.15) is 5.10 Å². The summed E-state index contributed by atoms with van der Waals surface area (Å²) in [4.78, 5) is 0. The first-order chi connectivity index (χ1) is 8.19. The Kier molecular flexibility index (Phi) is 7.99. The molecule has 6 heteroatoms. The fourth-order valence-electron chi connectivity index (χ4n) is 1.59. The Bertz CT molecular complexity index is 270. The minimum Gasteiger partial charge on any atom is -0.261 e. The summed E-state index contributed by atoms with van der Waals surface area (Å²) in [5.74, 6) is 1.14. The van der Waals surface area contributed by atoms with Crippen LogP contribution in [0.15, 0.2) is 5.10 Å². The van der Waals surface area contributed by atoms with E-state index >= 15 is 0 Å². The van der Waals surface area contributed by atoms with Crippen molar-refractivity contribution in [3.63, 3.8) is 0 Å². The predicted molar refractivity (Wildman–Crippen MR) is 91.3 cm³/mol. The summed E-state index contributed by atoms with van der Waals surface area (Å²) >= 11 is 9.85. The number of thiocarbonyl (C=S) groups is 1. The van der Waals surface area contributed by atoms with Crippen LogP contribution in [0.1, 0.15) is 51.9 Å². The van der Waals surface area contributed by atoms with Gasteiger partial charge in [-0.05, 0) is 6.42 Å². The van der Waals surface area contributed by atoms with E-state index in [9.17, 15) is 0 Å². The molecule has 1 heterocycles. The Labute approximate surface area is 120 Å². The summed E-state index contributed by atoms with van der Waals surface area (Å²) in [6, 6.07) is 0. The van der Waals surface area contributed by atoms with Crippen molar-refractivity contribution in [3.05, 3.63) is 0 Å². The van der Waals surface area contributed by atoms with E-state index in [1.807, 2.05) is 16.3 Å². The maximum atomic E-state index is 5.21. The zero-order valence-corrected chi connectivity index (χ0v) is 13.7. The molecule has 1 aliphatic rings. The lowest BCUT2D eigenvalue weighted by atomic mass is 10.1. The molecule has 0 aliphatic carbocycles. The standard InChI is InChI=1S/C11H22N2S4/c1-2-3-4-5-6-7-8-9-16-17(15)10-12-13-11(17)14/h10,15H,2-9H2,1H3,(H,13,14). The van der Waals surface area contributed by atoms with E-state index in [0.717, 1.165) is 10.1 Å². The van der Waals surface area contributed by atoms with Gasteiger partial charge in [0, 0.05) is 5.75 Å². The second kappa shape index (κ2) is 8.67. The van der Waals surface area contributed by atoms with E-state index in [0.29, 0.717) is 0 Å². The topological polar surface area (TPSA) is 24.4 Å². The average Bonchev–Trinajstić information content (AvgIpc) is 2.63. The van der Waals surface area contributed by atoms with Gasteiger partial charge in [0.15, 0.2) is 4.32 Å². The van der Waals surface area contributed by atoms with Crippen LogP contribution in [0.5, 0.6) is 0 Å². The predicted octanol–water partition coefficient (Wildman–Crippen LogP) is 4.87. The number of hydrogen-bond donors (Lipinski definition) is 2. The molecule has 0 radical (unpaired) electrons. The van der Waals surface area contributed by atoms with Crippen LogP contribution in [0.25, 0.3) is 0 Å². The minimum absolute atomic E-state index is 0.800. The third kappa shape index (κ3) is 5.85. The molecule has 1 rings (SSSR count). The highest BCUT2D eigenvalue weighted by molar-refractivity contribution is 9.31. The van der Waals surface area contributed by atoms with Crippen LogP contribution in [0.4, 0.5) is 0 Å². The lowest BCUT2D eigenvalue weighted by Crippen LogP contribution is -2.09. The highest BCUT2D eigenvalue weighted by Crippen LogP contribution is 2.64. The molecule has 0 spiro atoms. The van der Waals surface area contributed by atoms with Crippen molar-refractivity contribution in [2.24, 2.45) is 5.10 Å². The molecule has 0 aromatic heterocycles. The number of unbranched alkanes of at least 4 members (excludes halogenated alkanes) is 6. The molecule has 0 fully saturated rings. The Morgan fingerprint density at radius 3 is 2.53 bits per heavy atom. The highest BCUT2D eigenvalue weighted by atomic mass is 33.5. The van der Waals surface area contributed by atoms with Crippen molar-refractivity contribution in [1.82, 2.24) is 5.43 Å². The van der Waals surface area contributed by atoms with E-state index in [2.05, 4.69) is 29.1 Å². The first-order valence-electron chi connectivity index (χ1n) is 6.22. The van der Waals surface area contributed by atoms with Crippen molar-refractivity contribution >= 4 is 52.6 Å². The molecule has 1 aliphatic heterocycles. The third-order valence-electron chi connectivity index (χ3n) is 2.63. The fraction of sp³-hybridized carbons (Fsp3) is 0.818. The van der Waals surface area contributed by atoms with Gasteiger partial charge in [-0.25, -0.2) is 0 Å². The lowest BCUT2D eigenvalue weighted by molar-refractivity contribution is 0.604. The molecule has 1 unspecified atom stereocenters. The zero-order valence-electron chi connectivity index (χ0n) is 10.4. The SMILES string of the molecule is CCCCCCCCCSS1(S)C=NNC1=S. The molecule has 100 valence electrons. The molecule has 1 atom stereocenters. The summed E-state index contributed by atoms with van der Waals surface area (Å²) in [7, 11) is 0.613. The summed E-state index contributed by atoms with van der Waals surface area (Å²) in [6.07, 6.45) is 9.46. The monoisotopic (exact) mass is 310 g/mol. The van der Waals surface area contributed by atoms with Crippen molar-refractivity contribution in [3.8, 4) is 0 Å². The maximum absolute atomic E-state index is 5.21. The Hall–Kier alpha value is 0.610. The second-order valence-electron chi connectivity index (χ2n) is 4.15. The van der Waals surface area contributed by atoms with Gasteiger partial charge >= 0.3 is 0 Å². The van der Waals surface area contributed by atoms with Crippen LogP contribution in [0.2, 0.25) is 0 Å². The number of nitrogens with one attached hydrogen (secondary N) is 1. The normalized spacial score (nSPS) is 26.8. The van der Waals surface area contributed by atoms with Gasteiger partial charge in [-0.15, -0.1) is 11.7 Å². The first kappa shape index (κ1) is 15.7. The number of hydrazone groups is 1. The van der Waals surface area contributed by atoms with E-state index in [1.54, 1.807) is 0 Å². The van der Waals surface area contributed by atoms with Crippen LogP contribution in [0.3, 0.4) is 0 Å². The van der Waals surface area contributed by atoms with Gasteiger partial charge in [0.05, 0.1) is 5.55 Å². The minimum atomic E-state index is -1.24. The van der Waals surface area contributed by atoms with Gasteiger partial charge in [0.25, 0.3) is 0 Å². The smallest absolute Gasteiger partial charge is 0.159 e. The van der Waals surface area contributed by atoms with Gasteiger partial charge in [-0.1, -0.05) is 76.6 Å². The number of thiol groups is 1. The molecular formula is C11H22N2S4. The van der Waals surface area contributed by atoms with E-state index < -0.39 is 8.09 Å². The Morgan fingerprint density at radius 2 is 1.94 bits per heavy atom.